The predicted octanol–water partition coefficient (Wildman–Crippen LogP) is 4.02. The summed E-state index contributed by atoms with van der Waals surface area (Å²) in [5.74, 6) is 0. The molecule has 1 aromatic rings. The van der Waals surface area contributed by atoms with Gasteiger partial charge in [-0.25, -0.2) is 0 Å². The number of piperidine rings is 1. The first kappa shape index (κ1) is 27.1. The van der Waals surface area contributed by atoms with Gasteiger partial charge in [0.1, 0.15) is 0 Å². The Morgan fingerprint density at radius 2 is 1.54 bits per heavy atom. The van der Waals surface area contributed by atoms with Gasteiger partial charge in [0.2, 0.25) is 0 Å². The molecular weight excluding hydrogens is 298 g/mol. The Kier molecular flexibility index (Phi) is 33.1. The van der Waals surface area contributed by atoms with E-state index in [0.29, 0.717) is 5.69 Å². The average molecular weight is 338 g/mol. The minimum atomic E-state index is 0.711. The van der Waals surface area contributed by atoms with Gasteiger partial charge >= 0.3 is 0 Å². The van der Waals surface area contributed by atoms with E-state index in [9.17, 15) is 0 Å². The minimum absolute atomic E-state index is 0.711. The molecule has 0 amide bonds. The van der Waals surface area contributed by atoms with Crippen molar-refractivity contribution in [2.75, 3.05) is 25.9 Å². The Balaban J connectivity index is -0.000000237. The van der Waals surface area contributed by atoms with Crippen LogP contribution in [0.5, 0.6) is 0 Å². The van der Waals surface area contributed by atoms with Crippen LogP contribution in [0.4, 0.5) is 5.69 Å². The van der Waals surface area contributed by atoms with Crippen LogP contribution in [0.3, 0.4) is 0 Å². The normalized spacial score (nSPS) is 12.8. The molecule has 2 fully saturated rings. The van der Waals surface area contributed by atoms with Crippen LogP contribution in [-0.4, -0.2) is 31.3 Å². The van der Waals surface area contributed by atoms with Crippen molar-refractivity contribution in [3.63, 3.8) is 0 Å². The first-order chi connectivity index (χ1) is 11.8. The van der Waals surface area contributed by atoms with E-state index in [1.807, 2.05) is 13.8 Å². The van der Waals surface area contributed by atoms with E-state index in [4.69, 9.17) is 11.1 Å². The fraction of sp³-hybridized carbons (Fsp3) is 0.579. The van der Waals surface area contributed by atoms with Crippen LogP contribution in [0.1, 0.15) is 52.4 Å². The lowest BCUT2D eigenvalue weighted by molar-refractivity contribution is 0.520. The third-order valence-electron chi connectivity index (χ3n) is 2.36. The number of hydrogen-bond acceptors (Lipinski definition) is 5. The number of hydrogen-bond donors (Lipinski definition) is 4. The standard InChI is InChI=1S/C5H6N2.C5H11N.C3H5N.C3H6.C2H6.CH5N/c6-5-2-1-3-7-4-5;1-2-4-6-5-3-1;1-2-3-4;1-2-3-1;2*1-2/h1-4H,6H2;6H,1-5H2;2-4H,1H2;1-3H2;1-2H3;2H2,1H3. The Hall–Kier alpha value is -1.72. The summed E-state index contributed by atoms with van der Waals surface area (Å²) in [5, 5.41) is 9.49. The number of pyridine rings is 1. The maximum atomic E-state index is 6.21. The van der Waals surface area contributed by atoms with Crippen LogP contribution < -0.4 is 16.8 Å². The van der Waals surface area contributed by atoms with Crippen LogP contribution in [-0.2, 0) is 0 Å². The third-order valence-corrected chi connectivity index (χ3v) is 2.36. The number of nitrogens with two attached hydrogens (primary N) is 2. The molecule has 24 heavy (non-hydrogen) atoms. The molecule has 5 heteroatoms. The van der Waals surface area contributed by atoms with Gasteiger partial charge < -0.3 is 22.2 Å². The SMILES string of the molecule is C1CC1.C1CCNCC1.C=CC=N.CC.CN.Nc1cccnc1. The molecule has 2 aliphatic rings. The first-order valence-corrected chi connectivity index (χ1v) is 8.86. The van der Waals surface area contributed by atoms with Gasteiger partial charge in [0.15, 0.2) is 0 Å². The van der Waals surface area contributed by atoms with Crippen molar-refractivity contribution in [2.45, 2.75) is 52.4 Å². The van der Waals surface area contributed by atoms with Crippen LogP contribution in [0.25, 0.3) is 0 Å². The fourth-order valence-electron chi connectivity index (χ4n) is 1.18. The second-order valence-electron chi connectivity index (χ2n) is 4.56. The summed E-state index contributed by atoms with van der Waals surface area (Å²) >= 11 is 0. The summed E-state index contributed by atoms with van der Waals surface area (Å²) in [6.45, 7) is 9.74. The quantitative estimate of drug-likeness (QED) is 0.581. The molecule has 1 aliphatic heterocycles. The number of nitrogens with one attached hydrogen (secondary N) is 2. The smallest absolute Gasteiger partial charge is 0.0500 e. The lowest BCUT2D eigenvalue weighted by Gasteiger charge is -2.08. The molecular formula is C19H39N5. The second-order valence-corrected chi connectivity index (χ2v) is 4.56. The molecule has 140 valence electrons. The van der Waals surface area contributed by atoms with E-state index in [1.54, 1.807) is 24.5 Å². The van der Waals surface area contributed by atoms with Gasteiger partial charge in [-0.05, 0) is 45.1 Å². The van der Waals surface area contributed by atoms with E-state index in [0.717, 1.165) is 6.21 Å². The van der Waals surface area contributed by atoms with Gasteiger partial charge in [0.05, 0.1) is 5.69 Å². The lowest BCUT2D eigenvalue weighted by Crippen LogP contribution is -2.21. The molecule has 0 atom stereocenters. The number of allylic oxidation sites excluding steroid dienone is 1. The van der Waals surface area contributed by atoms with Crippen molar-refractivity contribution in [3.05, 3.63) is 37.2 Å². The number of rotatable bonds is 1. The highest BCUT2D eigenvalue weighted by Gasteiger charge is 1.95. The highest BCUT2D eigenvalue weighted by atomic mass is 14.9. The van der Waals surface area contributed by atoms with Crippen molar-refractivity contribution >= 4 is 11.9 Å². The number of aromatic nitrogens is 1. The van der Waals surface area contributed by atoms with Crippen molar-refractivity contribution in [3.8, 4) is 0 Å². The van der Waals surface area contributed by atoms with Crippen molar-refractivity contribution in [1.29, 1.82) is 5.41 Å². The highest BCUT2D eigenvalue weighted by molar-refractivity contribution is 5.66. The molecule has 1 saturated heterocycles. The molecule has 0 bridgehead atoms. The monoisotopic (exact) mass is 337 g/mol. The Morgan fingerprint density at radius 1 is 1.08 bits per heavy atom. The van der Waals surface area contributed by atoms with Crippen LogP contribution in [0.15, 0.2) is 37.2 Å². The second kappa shape index (κ2) is 29.3. The van der Waals surface area contributed by atoms with Crippen molar-refractivity contribution < 1.29 is 0 Å². The van der Waals surface area contributed by atoms with Gasteiger partial charge in [-0.2, -0.15) is 0 Å². The molecule has 1 saturated carbocycles. The highest BCUT2D eigenvalue weighted by Crippen LogP contribution is 2.14. The zero-order chi connectivity index (χ0) is 18.9. The van der Waals surface area contributed by atoms with E-state index >= 15 is 0 Å². The van der Waals surface area contributed by atoms with Gasteiger partial charge in [-0.1, -0.05) is 52.2 Å². The molecule has 0 unspecified atom stereocenters. The third kappa shape index (κ3) is 37.0. The van der Waals surface area contributed by atoms with Gasteiger partial charge in [-0.15, -0.1) is 0 Å². The van der Waals surface area contributed by atoms with E-state index in [1.165, 1.54) is 64.7 Å². The fourth-order valence-corrected chi connectivity index (χ4v) is 1.18. The van der Waals surface area contributed by atoms with Crippen LogP contribution in [0.2, 0.25) is 0 Å². The van der Waals surface area contributed by atoms with Gasteiger partial charge in [0.25, 0.3) is 0 Å². The van der Waals surface area contributed by atoms with Crippen LogP contribution >= 0.6 is 0 Å². The largest absolute Gasteiger partial charge is 0.397 e. The Morgan fingerprint density at radius 3 is 1.67 bits per heavy atom. The van der Waals surface area contributed by atoms with E-state index in [2.05, 4.69) is 22.6 Å². The van der Waals surface area contributed by atoms with E-state index < -0.39 is 0 Å². The molecule has 1 aliphatic carbocycles. The summed E-state index contributed by atoms with van der Waals surface area (Å²) in [6, 6.07) is 3.60. The summed E-state index contributed by atoms with van der Waals surface area (Å²) in [7, 11) is 1.50. The summed E-state index contributed by atoms with van der Waals surface area (Å²) in [5.41, 5.74) is 10.5. The maximum absolute atomic E-state index is 6.21. The van der Waals surface area contributed by atoms with Crippen LogP contribution in [0, 0.1) is 5.41 Å². The molecule has 0 radical (unpaired) electrons. The molecule has 6 N–H and O–H groups in total. The topological polar surface area (TPSA) is 101 Å². The zero-order valence-electron chi connectivity index (χ0n) is 15.9. The minimum Gasteiger partial charge on any atom is -0.397 e. The zero-order valence-corrected chi connectivity index (χ0v) is 15.9. The molecule has 3 rings (SSSR count). The number of anilines is 1. The Labute approximate surface area is 149 Å². The summed E-state index contributed by atoms with van der Waals surface area (Å²) in [6.07, 6.45) is 14.6. The first-order valence-electron chi connectivity index (χ1n) is 8.86. The molecule has 2 heterocycles. The molecule has 1 aromatic heterocycles. The van der Waals surface area contributed by atoms with Gasteiger partial charge in [-0.3, -0.25) is 4.98 Å². The van der Waals surface area contributed by atoms with Gasteiger partial charge in [0, 0.05) is 18.6 Å². The summed E-state index contributed by atoms with van der Waals surface area (Å²) < 4.78 is 0. The Bertz CT molecular complexity index is 302. The summed E-state index contributed by atoms with van der Waals surface area (Å²) in [4.78, 5) is 3.76. The molecule has 5 nitrogen and oxygen atoms in total. The molecule has 0 aromatic carbocycles. The van der Waals surface area contributed by atoms with Crippen molar-refractivity contribution in [1.82, 2.24) is 10.3 Å². The molecule has 0 spiro atoms. The average Bonchev–Trinajstić information content (AvgIpc) is 3.57. The number of nitrogens with zero attached hydrogens (tertiary/aromatic N) is 1. The number of nitrogen functional groups attached to an aromatic ring is 1. The van der Waals surface area contributed by atoms with Crippen molar-refractivity contribution in [2.24, 2.45) is 5.73 Å². The van der Waals surface area contributed by atoms with E-state index in [-0.39, 0.29) is 0 Å². The predicted molar refractivity (Wildman–Crippen MR) is 110 cm³/mol. The maximum Gasteiger partial charge on any atom is 0.0500 e. The lowest BCUT2D eigenvalue weighted by atomic mass is 10.2.